The summed E-state index contributed by atoms with van der Waals surface area (Å²) in [5.41, 5.74) is 3.18. The second-order valence-corrected chi connectivity index (χ2v) is 8.17. The minimum absolute atomic E-state index is 0.108. The first-order chi connectivity index (χ1) is 14.3. The molecule has 0 radical (unpaired) electrons. The van der Waals surface area contributed by atoms with E-state index in [0.717, 1.165) is 5.56 Å². The van der Waals surface area contributed by atoms with Gasteiger partial charge in [-0.2, -0.15) is 8.42 Å². The highest BCUT2D eigenvalue weighted by atomic mass is 32.2. The zero-order chi connectivity index (χ0) is 21.7. The van der Waals surface area contributed by atoms with Crippen molar-refractivity contribution in [1.82, 2.24) is 0 Å². The van der Waals surface area contributed by atoms with E-state index in [1.165, 1.54) is 24.3 Å². The third-order valence-electron chi connectivity index (χ3n) is 4.19. The van der Waals surface area contributed by atoms with Crippen LogP contribution < -0.4 is 0 Å². The van der Waals surface area contributed by atoms with Crippen molar-refractivity contribution in [2.45, 2.75) is 25.7 Å². The van der Waals surface area contributed by atoms with E-state index in [2.05, 4.69) is 10.3 Å². The van der Waals surface area contributed by atoms with Crippen molar-refractivity contribution in [1.29, 1.82) is 0 Å². The molecule has 0 saturated carbocycles. The average Bonchev–Trinajstić information content (AvgIpc) is 2.71. The van der Waals surface area contributed by atoms with E-state index in [4.69, 9.17) is 9.12 Å². The van der Waals surface area contributed by atoms with Gasteiger partial charge in [0.2, 0.25) is 0 Å². The highest BCUT2D eigenvalue weighted by Gasteiger charge is 2.22. The molecule has 0 heterocycles. The largest absolute Gasteiger partial charge is 0.365 e. The third kappa shape index (κ3) is 5.09. The standard InChI is InChI=1S/C22H20N2O5S/c1-15-13-16(2)21(17(3)14-15)30(26,27)29-24-20-11-9-19(10-12-20)23-28-22(25)18-7-5-4-6-8-18/h4-14H,1-3H3. The van der Waals surface area contributed by atoms with E-state index in [1.54, 1.807) is 56.3 Å². The molecule has 1 aliphatic carbocycles. The van der Waals surface area contributed by atoms with E-state index in [9.17, 15) is 13.2 Å². The molecule has 3 rings (SSSR count). The van der Waals surface area contributed by atoms with Crippen molar-refractivity contribution in [3.8, 4) is 0 Å². The Morgan fingerprint density at radius 3 is 1.93 bits per heavy atom. The van der Waals surface area contributed by atoms with Crippen LogP contribution in [0.5, 0.6) is 0 Å². The van der Waals surface area contributed by atoms with Gasteiger partial charge in [-0.05, 0) is 68.3 Å². The zero-order valence-corrected chi connectivity index (χ0v) is 17.5. The number of hydrogen-bond donors (Lipinski definition) is 0. The van der Waals surface area contributed by atoms with Crippen molar-refractivity contribution < 1.29 is 22.3 Å². The van der Waals surface area contributed by atoms with Crippen LogP contribution in [0.15, 0.2) is 82.0 Å². The fourth-order valence-electron chi connectivity index (χ4n) is 2.99. The second kappa shape index (κ2) is 8.87. The SMILES string of the molecule is Cc1cc(C)c(S(=O)(=O)ON=C2C=CC(=NOC(=O)c3ccccc3)C=C2)c(C)c1. The van der Waals surface area contributed by atoms with Crippen LogP contribution in [0.25, 0.3) is 0 Å². The summed E-state index contributed by atoms with van der Waals surface area (Å²) in [5, 5.41) is 7.47. The lowest BCUT2D eigenvalue weighted by molar-refractivity contribution is 0.0517. The highest BCUT2D eigenvalue weighted by Crippen LogP contribution is 2.23. The zero-order valence-electron chi connectivity index (χ0n) is 16.7. The Labute approximate surface area is 175 Å². The molecular weight excluding hydrogens is 404 g/mol. The predicted molar refractivity (Wildman–Crippen MR) is 114 cm³/mol. The van der Waals surface area contributed by atoms with Gasteiger partial charge in [-0.25, -0.2) is 4.79 Å². The second-order valence-electron chi connectivity index (χ2n) is 6.70. The Bertz CT molecular complexity index is 1150. The molecule has 0 atom stereocenters. The van der Waals surface area contributed by atoms with Crippen LogP contribution in [0.3, 0.4) is 0 Å². The molecule has 0 unspecified atom stereocenters. The van der Waals surface area contributed by atoms with E-state index in [1.807, 2.05) is 6.92 Å². The molecule has 0 bridgehead atoms. The van der Waals surface area contributed by atoms with Gasteiger partial charge in [0, 0.05) is 0 Å². The van der Waals surface area contributed by atoms with Crippen LogP contribution in [0.4, 0.5) is 0 Å². The van der Waals surface area contributed by atoms with E-state index in [0.29, 0.717) is 22.4 Å². The summed E-state index contributed by atoms with van der Waals surface area (Å²) >= 11 is 0. The smallest absolute Gasteiger partial charge is 0.312 e. The van der Waals surface area contributed by atoms with Gasteiger partial charge in [0.25, 0.3) is 0 Å². The summed E-state index contributed by atoms with van der Waals surface area (Å²) in [5.74, 6) is -0.581. The van der Waals surface area contributed by atoms with Crippen molar-refractivity contribution >= 4 is 27.5 Å². The summed E-state index contributed by atoms with van der Waals surface area (Å²) in [6, 6.07) is 12.0. The summed E-state index contributed by atoms with van der Waals surface area (Å²) in [6.07, 6.45) is 6.05. The fraction of sp³-hybridized carbons (Fsp3) is 0.136. The number of benzene rings is 2. The maximum atomic E-state index is 12.5. The molecule has 1 aliphatic rings. The Balaban J connectivity index is 1.67. The molecule has 0 aromatic heterocycles. The van der Waals surface area contributed by atoms with Crippen LogP contribution in [0.1, 0.15) is 27.0 Å². The Morgan fingerprint density at radius 2 is 1.37 bits per heavy atom. The lowest BCUT2D eigenvalue weighted by atomic mass is 10.1. The van der Waals surface area contributed by atoms with Gasteiger partial charge >= 0.3 is 16.1 Å². The van der Waals surface area contributed by atoms with Crippen molar-refractivity contribution in [3.63, 3.8) is 0 Å². The quantitative estimate of drug-likeness (QED) is 0.411. The number of rotatable bonds is 5. The molecule has 30 heavy (non-hydrogen) atoms. The van der Waals surface area contributed by atoms with Crippen LogP contribution in [-0.2, 0) is 19.2 Å². The van der Waals surface area contributed by atoms with E-state index in [-0.39, 0.29) is 10.6 Å². The lowest BCUT2D eigenvalue weighted by Gasteiger charge is -2.10. The summed E-state index contributed by atoms with van der Waals surface area (Å²) in [4.78, 5) is 16.9. The van der Waals surface area contributed by atoms with E-state index >= 15 is 0 Å². The van der Waals surface area contributed by atoms with Crippen LogP contribution in [-0.4, -0.2) is 25.8 Å². The summed E-state index contributed by atoms with van der Waals surface area (Å²) < 4.78 is 30.0. The number of nitrogens with zero attached hydrogens (tertiary/aromatic N) is 2. The Kier molecular flexibility index (Phi) is 6.27. The summed E-state index contributed by atoms with van der Waals surface area (Å²) in [7, 11) is -4.06. The summed E-state index contributed by atoms with van der Waals surface area (Å²) in [6.45, 7) is 5.32. The molecule has 0 amide bonds. The third-order valence-corrected chi connectivity index (χ3v) is 5.60. The normalized spacial score (nSPS) is 13.2. The molecule has 0 N–H and O–H groups in total. The Morgan fingerprint density at radius 1 is 0.833 bits per heavy atom. The lowest BCUT2D eigenvalue weighted by Crippen LogP contribution is -2.09. The molecule has 0 aliphatic heterocycles. The molecule has 2 aromatic rings. The molecule has 2 aromatic carbocycles. The molecular formula is C22H20N2O5S. The molecule has 7 nitrogen and oxygen atoms in total. The van der Waals surface area contributed by atoms with Crippen LogP contribution in [0, 0.1) is 20.8 Å². The van der Waals surface area contributed by atoms with Crippen molar-refractivity contribution in [2.24, 2.45) is 10.3 Å². The first kappa shape index (κ1) is 21.2. The fourth-order valence-corrected chi connectivity index (χ4v) is 4.15. The number of oxime groups is 2. The van der Waals surface area contributed by atoms with Crippen LogP contribution in [0.2, 0.25) is 0 Å². The van der Waals surface area contributed by atoms with Crippen molar-refractivity contribution in [3.05, 3.63) is 89.0 Å². The highest BCUT2D eigenvalue weighted by molar-refractivity contribution is 7.86. The van der Waals surface area contributed by atoms with E-state index < -0.39 is 16.1 Å². The minimum atomic E-state index is -4.06. The molecule has 0 fully saturated rings. The van der Waals surface area contributed by atoms with Crippen LogP contribution >= 0.6 is 0 Å². The van der Waals surface area contributed by atoms with Gasteiger partial charge in [0.05, 0.1) is 5.56 Å². The van der Waals surface area contributed by atoms with Crippen molar-refractivity contribution in [2.75, 3.05) is 0 Å². The number of carbonyl (C=O) groups is 1. The predicted octanol–water partition coefficient (Wildman–Crippen LogP) is 4.01. The van der Waals surface area contributed by atoms with Gasteiger partial charge in [0.15, 0.2) is 0 Å². The first-order valence-electron chi connectivity index (χ1n) is 9.06. The molecule has 8 heteroatoms. The Hall–Kier alpha value is -3.52. The average molecular weight is 424 g/mol. The van der Waals surface area contributed by atoms with Gasteiger partial charge in [-0.15, -0.1) is 0 Å². The number of carbonyl (C=O) groups excluding carboxylic acids is 1. The molecule has 0 saturated heterocycles. The molecule has 154 valence electrons. The minimum Gasteiger partial charge on any atom is -0.312 e. The number of allylic oxidation sites excluding steroid dienone is 4. The topological polar surface area (TPSA) is 94.4 Å². The van der Waals surface area contributed by atoms with Gasteiger partial charge in [0.1, 0.15) is 16.3 Å². The maximum Gasteiger partial charge on any atom is 0.365 e. The van der Waals surface area contributed by atoms with Gasteiger partial charge < -0.3 is 4.84 Å². The first-order valence-corrected chi connectivity index (χ1v) is 10.5. The van der Waals surface area contributed by atoms with Gasteiger partial charge in [-0.3, -0.25) is 4.28 Å². The maximum absolute atomic E-state index is 12.5. The number of hydrogen-bond acceptors (Lipinski definition) is 7. The van der Waals surface area contributed by atoms with Gasteiger partial charge in [-0.1, -0.05) is 46.2 Å². The molecule has 0 spiro atoms. The number of aryl methyl sites for hydroxylation is 3. The monoisotopic (exact) mass is 424 g/mol.